The van der Waals surface area contributed by atoms with Crippen molar-refractivity contribution < 1.29 is 9.66 Å². The number of nitrogens with zero attached hydrogens (tertiary/aromatic N) is 4. The Hall–Kier alpha value is -3.59. The molecule has 0 N–H and O–H groups in total. The van der Waals surface area contributed by atoms with Crippen LogP contribution in [0.3, 0.4) is 0 Å². The number of nitro groups is 1. The van der Waals surface area contributed by atoms with Crippen LogP contribution in [0.15, 0.2) is 53.3 Å². The third-order valence-electron chi connectivity index (χ3n) is 4.98. The molecule has 2 aromatic heterocycles. The first-order valence-electron chi connectivity index (χ1n) is 10.4. The Morgan fingerprint density at radius 3 is 2.62 bits per heavy atom. The summed E-state index contributed by atoms with van der Waals surface area (Å²) in [5.74, 6) is 1.23. The van der Waals surface area contributed by atoms with E-state index < -0.39 is 4.92 Å². The Labute approximate surface area is 188 Å². The number of benzene rings is 2. The molecule has 9 heteroatoms. The second-order valence-electron chi connectivity index (χ2n) is 7.30. The van der Waals surface area contributed by atoms with Crippen molar-refractivity contribution in [1.29, 1.82) is 0 Å². The third kappa shape index (κ3) is 4.67. The molecule has 0 unspecified atom stereocenters. The quantitative estimate of drug-likeness (QED) is 0.215. The Bertz CT molecular complexity index is 1340. The van der Waals surface area contributed by atoms with Crippen LogP contribution in [0.25, 0.3) is 22.4 Å². The predicted octanol–water partition coefficient (Wildman–Crippen LogP) is 4.23. The van der Waals surface area contributed by atoms with E-state index in [1.807, 2.05) is 24.3 Å². The van der Waals surface area contributed by atoms with Crippen molar-refractivity contribution in [2.24, 2.45) is 0 Å². The fourth-order valence-electron chi connectivity index (χ4n) is 3.29. The average Bonchev–Trinajstić information content (AvgIpc) is 3.34. The van der Waals surface area contributed by atoms with E-state index in [-0.39, 0.29) is 11.2 Å². The van der Waals surface area contributed by atoms with Crippen LogP contribution in [-0.4, -0.2) is 26.1 Å². The number of hydrogen-bond donors (Lipinski definition) is 0. The molecule has 0 saturated heterocycles. The van der Waals surface area contributed by atoms with E-state index in [1.165, 1.54) is 35.9 Å². The number of ether oxygens (including phenoxy) is 1. The summed E-state index contributed by atoms with van der Waals surface area (Å²) in [4.78, 5) is 28.4. The number of fused-ring (bicyclic) bond motifs is 1. The third-order valence-corrected chi connectivity index (χ3v) is 5.94. The maximum atomic E-state index is 12.8. The fourth-order valence-corrected chi connectivity index (χ4v) is 4.19. The summed E-state index contributed by atoms with van der Waals surface area (Å²) >= 11 is 1.15. The number of para-hydroxylation sites is 1. The van der Waals surface area contributed by atoms with E-state index in [1.54, 1.807) is 18.2 Å². The first-order valence-corrected chi connectivity index (χ1v) is 11.3. The maximum absolute atomic E-state index is 12.8. The van der Waals surface area contributed by atoms with Crippen LogP contribution in [0.5, 0.6) is 5.75 Å². The Balaban J connectivity index is 1.55. The van der Waals surface area contributed by atoms with Crippen LogP contribution in [-0.2, 0) is 0 Å². The monoisotopic (exact) mass is 450 g/mol. The highest BCUT2D eigenvalue weighted by molar-refractivity contribution is 7.15. The number of unbranched alkanes of at least 4 members (excludes halogenated alkanes) is 3. The van der Waals surface area contributed by atoms with Gasteiger partial charge in [-0.05, 0) is 42.8 Å². The van der Waals surface area contributed by atoms with E-state index in [0.717, 1.165) is 29.1 Å². The van der Waals surface area contributed by atoms with Gasteiger partial charge >= 0.3 is 0 Å². The lowest BCUT2D eigenvalue weighted by atomic mass is 10.2. The molecule has 8 nitrogen and oxygen atoms in total. The molecule has 2 aromatic carbocycles. The topological polar surface area (TPSA) is 99.6 Å². The zero-order valence-electron chi connectivity index (χ0n) is 17.6. The molecular formula is C23H22N4O4S. The molecule has 0 amide bonds. The van der Waals surface area contributed by atoms with Gasteiger partial charge in [-0.3, -0.25) is 14.9 Å². The predicted molar refractivity (Wildman–Crippen MR) is 124 cm³/mol. The second-order valence-corrected chi connectivity index (χ2v) is 8.30. The van der Waals surface area contributed by atoms with Gasteiger partial charge < -0.3 is 4.74 Å². The zero-order chi connectivity index (χ0) is 22.5. The normalized spacial score (nSPS) is 11.8. The summed E-state index contributed by atoms with van der Waals surface area (Å²) in [5.41, 5.74) is 0.737. The molecule has 4 aromatic rings. The van der Waals surface area contributed by atoms with Gasteiger partial charge in [0.15, 0.2) is 5.82 Å². The van der Waals surface area contributed by atoms with Crippen LogP contribution in [0.4, 0.5) is 5.69 Å². The summed E-state index contributed by atoms with van der Waals surface area (Å²) < 4.78 is 7.33. The van der Waals surface area contributed by atoms with Gasteiger partial charge in [0.25, 0.3) is 11.2 Å². The number of aromatic nitrogens is 3. The Morgan fingerprint density at radius 2 is 1.91 bits per heavy atom. The van der Waals surface area contributed by atoms with Gasteiger partial charge in [-0.1, -0.05) is 49.7 Å². The van der Waals surface area contributed by atoms with Gasteiger partial charge in [-0.25, -0.2) is 0 Å². The molecule has 0 atom stereocenters. The van der Waals surface area contributed by atoms with E-state index in [9.17, 15) is 14.9 Å². The van der Waals surface area contributed by atoms with Crippen LogP contribution < -0.4 is 14.8 Å². The molecule has 0 fully saturated rings. The Kier molecular flexibility index (Phi) is 6.55. The van der Waals surface area contributed by atoms with Gasteiger partial charge in [0.1, 0.15) is 5.75 Å². The SMILES string of the molecule is CCCCCCOc1ccc(-c2nc3sc(=Cc4ccccc4[N+](=O)[O-])c(=O)n3n2)cc1. The van der Waals surface area contributed by atoms with Crippen molar-refractivity contribution in [1.82, 2.24) is 14.6 Å². The van der Waals surface area contributed by atoms with E-state index in [0.29, 0.717) is 27.5 Å². The number of rotatable bonds is 9. The first-order chi connectivity index (χ1) is 15.6. The molecule has 0 spiro atoms. The molecule has 0 radical (unpaired) electrons. The van der Waals surface area contributed by atoms with Crippen molar-refractivity contribution in [3.8, 4) is 17.1 Å². The number of nitro benzene ring substituents is 1. The largest absolute Gasteiger partial charge is 0.494 e. The van der Waals surface area contributed by atoms with Gasteiger partial charge in [0.05, 0.1) is 21.6 Å². The summed E-state index contributed by atoms with van der Waals surface area (Å²) in [7, 11) is 0. The highest BCUT2D eigenvalue weighted by atomic mass is 32.1. The molecule has 164 valence electrons. The van der Waals surface area contributed by atoms with Crippen LogP contribution in [0.2, 0.25) is 0 Å². The fraction of sp³-hybridized carbons (Fsp3) is 0.261. The van der Waals surface area contributed by atoms with Gasteiger partial charge in [0.2, 0.25) is 4.96 Å². The number of hydrogen-bond acceptors (Lipinski definition) is 7. The van der Waals surface area contributed by atoms with Crippen molar-refractivity contribution in [3.05, 3.63) is 79.1 Å². The summed E-state index contributed by atoms with van der Waals surface area (Å²) in [6, 6.07) is 13.8. The highest BCUT2D eigenvalue weighted by Crippen LogP contribution is 2.21. The molecule has 2 heterocycles. The molecule has 32 heavy (non-hydrogen) atoms. The molecule has 0 aliphatic carbocycles. The standard InChI is InChI=1S/C23H22N4O4S/c1-2-3-4-7-14-31-18-12-10-16(11-13-18)21-24-23-26(25-21)22(28)20(32-23)15-17-8-5-6-9-19(17)27(29)30/h5-6,8-13,15H,2-4,7,14H2,1H3. The molecule has 0 saturated carbocycles. The van der Waals surface area contributed by atoms with Crippen molar-refractivity contribution in [2.75, 3.05) is 6.61 Å². The van der Waals surface area contributed by atoms with Gasteiger partial charge in [0, 0.05) is 11.6 Å². The van der Waals surface area contributed by atoms with Gasteiger partial charge in [-0.15, -0.1) is 5.10 Å². The van der Waals surface area contributed by atoms with Gasteiger partial charge in [-0.2, -0.15) is 9.50 Å². The average molecular weight is 451 g/mol. The zero-order valence-corrected chi connectivity index (χ0v) is 18.4. The van der Waals surface area contributed by atoms with Crippen molar-refractivity contribution >= 4 is 28.1 Å². The van der Waals surface area contributed by atoms with Crippen LogP contribution in [0.1, 0.15) is 38.2 Å². The van der Waals surface area contributed by atoms with E-state index >= 15 is 0 Å². The molecular weight excluding hydrogens is 428 g/mol. The second kappa shape index (κ2) is 9.69. The maximum Gasteiger partial charge on any atom is 0.291 e. The lowest BCUT2D eigenvalue weighted by molar-refractivity contribution is -0.385. The summed E-state index contributed by atoms with van der Waals surface area (Å²) in [5, 5.41) is 15.6. The lowest BCUT2D eigenvalue weighted by Crippen LogP contribution is -2.23. The lowest BCUT2D eigenvalue weighted by Gasteiger charge is -2.06. The van der Waals surface area contributed by atoms with Crippen LogP contribution >= 0.6 is 11.3 Å². The van der Waals surface area contributed by atoms with E-state index in [4.69, 9.17) is 4.74 Å². The molecule has 0 aliphatic heterocycles. The minimum atomic E-state index is -0.468. The molecule has 0 bridgehead atoms. The first kappa shape index (κ1) is 21.6. The van der Waals surface area contributed by atoms with Crippen molar-refractivity contribution in [3.63, 3.8) is 0 Å². The molecule has 4 rings (SSSR count). The summed E-state index contributed by atoms with van der Waals surface area (Å²) in [6.45, 7) is 2.87. The Morgan fingerprint density at radius 1 is 1.12 bits per heavy atom. The molecule has 0 aliphatic rings. The minimum Gasteiger partial charge on any atom is -0.494 e. The highest BCUT2D eigenvalue weighted by Gasteiger charge is 2.14. The van der Waals surface area contributed by atoms with Crippen molar-refractivity contribution in [2.45, 2.75) is 32.6 Å². The minimum absolute atomic E-state index is 0.0562. The van der Waals surface area contributed by atoms with Crippen LogP contribution in [0, 0.1) is 10.1 Å². The number of thiazole rings is 1. The summed E-state index contributed by atoms with van der Waals surface area (Å²) in [6.07, 6.45) is 6.12. The van der Waals surface area contributed by atoms with E-state index in [2.05, 4.69) is 17.0 Å². The smallest absolute Gasteiger partial charge is 0.291 e.